The van der Waals surface area contributed by atoms with Crippen molar-refractivity contribution in [3.8, 4) is 0 Å². The number of thiazole rings is 1. The normalized spacial score (nSPS) is 29.0. The van der Waals surface area contributed by atoms with Crippen LogP contribution in [0.15, 0.2) is 10.9 Å². The topological polar surface area (TPSA) is 22.1 Å². The van der Waals surface area contributed by atoms with Crippen molar-refractivity contribution in [3.05, 3.63) is 16.6 Å². The zero-order chi connectivity index (χ0) is 9.10. The Hall–Kier alpha value is -0.120. The lowest BCUT2D eigenvalue weighted by molar-refractivity contribution is -0.0230. The summed E-state index contributed by atoms with van der Waals surface area (Å²) in [5.74, 6) is 1.11. The molecular formula is C9H12ClNOS. The Kier molecular flexibility index (Phi) is 3.19. The Balaban J connectivity index is 2.11. The van der Waals surface area contributed by atoms with Crippen LogP contribution in [0.25, 0.3) is 0 Å². The molecule has 0 spiro atoms. The average molecular weight is 218 g/mol. The van der Waals surface area contributed by atoms with Gasteiger partial charge in [-0.15, -0.1) is 22.9 Å². The number of nitrogens with zero attached hydrogens (tertiary/aromatic N) is 1. The number of alkyl halides is 1. The molecule has 4 heteroatoms. The smallest absolute Gasteiger partial charge is 0.104 e. The Bertz CT molecular complexity index is 252. The fraction of sp³-hybridized carbons (Fsp3) is 0.667. The lowest BCUT2D eigenvalue weighted by atomic mass is 9.94. The SMILES string of the molecule is ClCC1CCCOC1c1cscn1. The Labute approximate surface area is 86.9 Å². The number of hydrogen-bond acceptors (Lipinski definition) is 3. The van der Waals surface area contributed by atoms with Gasteiger partial charge in [0, 0.05) is 23.8 Å². The van der Waals surface area contributed by atoms with E-state index in [4.69, 9.17) is 16.3 Å². The summed E-state index contributed by atoms with van der Waals surface area (Å²) in [7, 11) is 0. The molecule has 0 amide bonds. The van der Waals surface area contributed by atoms with Gasteiger partial charge in [0.1, 0.15) is 6.10 Å². The van der Waals surface area contributed by atoms with Crippen molar-refractivity contribution in [1.29, 1.82) is 0 Å². The molecule has 1 fully saturated rings. The van der Waals surface area contributed by atoms with Gasteiger partial charge >= 0.3 is 0 Å². The zero-order valence-corrected chi connectivity index (χ0v) is 8.85. The van der Waals surface area contributed by atoms with Gasteiger partial charge in [0.05, 0.1) is 11.2 Å². The van der Waals surface area contributed by atoms with Gasteiger partial charge < -0.3 is 4.74 Å². The van der Waals surface area contributed by atoms with E-state index < -0.39 is 0 Å². The van der Waals surface area contributed by atoms with Gasteiger partial charge in [0.25, 0.3) is 0 Å². The molecule has 1 aliphatic rings. The van der Waals surface area contributed by atoms with Crippen LogP contribution in [0.5, 0.6) is 0 Å². The Morgan fingerprint density at radius 2 is 2.62 bits per heavy atom. The highest BCUT2D eigenvalue weighted by Crippen LogP contribution is 2.33. The molecule has 2 rings (SSSR count). The quantitative estimate of drug-likeness (QED) is 0.711. The summed E-state index contributed by atoms with van der Waals surface area (Å²) in [6, 6.07) is 0. The van der Waals surface area contributed by atoms with Gasteiger partial charge in [-0.05, 0) is 12.8 Å². The maximum atomic E-state index is 5.89. The molecule has 13 heavy (non-hydrogen) atoms. The van der Waals surface area contributed by atoms with Crippen molar-refractivity contribution >= 4 is 22.9 Å². The van der Waals surface area contributed by atoms with Gasteiger partial charge in [-0.25, -0.2) is 4.98 Å². The van der Waals surface area contributed by atoms with E-state index in [1.165, 1.54) is 0 Å². The minimum atomic E-state index is 0.137. The van der Waals surface area contributed by atoms with Crippen LogP contribution >= 0.6 is 22.9 Å². The van der Waals surface area contributed by atoms with E-state index in [0.717, 1.165) is 25.1 Å². The van der Waals surface area contributed by atoms with E-state index >= 15 is 0 Å². The van der Waals surface area contributed by atoms with Crippen molar-refractivity contribution in [3.63, 3.8) is 0 Å². The molecule has 2 atom stereocenters. The molecule has 2 nitrogen and oxygen atoms in total. The minimum absolute atomic E-state index is 0.137. The van der Waals surface area contributed by atoms with Crippen molar-refractivity contribution in [2.75, 3.05) is 12.5 Å². The van der Waals surface area contributed by atoms with Crippen molar-refractivity contribution in [2.45, 2.75) is 18.9 Å². The monoisotopic (exact) mass is 217 g/mol. The summed E-state index contributed by atoms with van der Waals surface area (Å²) in [6.07, 6.45) is 2.42. The second-order valence-corrected chi connectivity index (χ2v) is 4.29. The molecule has 1 aromatic heterocycles. The van der Waals surface area contributed by atoms with E-state index in [1.807, 2.05) is 5.51 Å². The fourth-order valence-corrected chi connectivity index (χ4v) is 2.58. The summed E-state index contributed by atoms with van der Waals surface area (Å²) in [5, 5.41) is 2.05. The summed E-state index contributed by atoms with van der Waals surface area (Å²) in [4.78, 5) is 4.27. The number of hydrogen-bond donors (Lipinski definition) is 0. The molecule has 0 N–H and O–H groups in total. The van der Waals surface area contributed by atoms with Crippen LogP contribution in [-0.4, -0.2) is 17.5 Å². The van der Waals surface area contributed by atoms with Crippen molar-refractivity contribution < 1.29 is 4.74 Å². The first-order valence-corrected chi connectivity index (χ1v) is 5.95. The molecule has 2 unspecified atom stereocenters. The third-order valence-electron chi connectivity index (χ3n) is 2.39. The standard InChI is InChI=1S/C9H12ClNOS/c10-4-7-2-1-3-12-9(7)8-5-13-6-11-8/h5-7,9H,1-4H2. The Morgan fingerprint density at radius 3 is 3.31 bits per heavy atom. The zero-order valence-electron chi connectivity index (χ0n) is 7.28. The minimum Gasteiger partial charge on any atom is -0.372 e. The first-order chi connectivity index (χ1) is 6.42. The van der Waals surface area contributed by atoms with E-state index in [0.29, 0.717) is 11.8 Å². The summed E-state index contributed by atoms with van der Waals surface area (Å²) < 4.78 is 5.69. The van der Waals surface area contributed by atoms with Crippen LogP contribution in [0.1, 0.15) is 24.6 Å². The predicted octanol–water partition coefficient (Wildman–Crippen LogP) is 2.85. The van der Waals surface area contributed by atoms with Crippen LogP contribution in [0, 0.1) is 5.92 Å². The predicted molar refractivity (Wildman–Crippen MR) is 54.3 cm³/mol. The highest BCUT2D eigenvalue weighted by Gasteiger charge is 2.27. The van der Waals surface area contributed by atoms with Crippen LogP contribution in [0.4, 0.5) is 0 Å². The van der Waals surface area contributed by atoms with Crippen molar-refractivity contribution in [2.24, 2.45) is 5.92 Å². The van der Waals surface area contributed by atoms with Crippen LogP contribution in [-0.2, 0) is 4.74 Å². The number of aromatic nitrogens is 1. The summed E-state index contributed by atoms with van der Waals surface area (Å²) in [5.41, 5.74) is 2.90. The number of halogens is 1. The van der Waals surface area contributed by atoms with E-state index in [-0.39, 0.29) is 6.10 Å². The molecule has 2 heterocycles. The highest BCUT2D eigenvalue weighted by atomic mass is 35.5. The first-order valence-electron chi connectivity index (χ1n) is 4.47. The molecule has 1 aliphatic heterocycles. The molecule has 0 bridgehead atoms. The van der Waals surface area contributed by atoms with Gasteiger partial charge in [-0.3, -0.25) is 0 Å². The first kappa shape index (κ1) is 9.44. The van der Waals surface area contributed by atoms with Crippen LogP contribution in [0.2, 0.25) is 0 Å². The maximum Gasteiger partial charge on any atom is 0.104 e. The van der Waals surface area contributed by atoms with Crippen LogP contribution in [0.3, 0.4) is 0 Å². The molecule has 0 aromatic carbocycles. The Morgan fingerprint density at radius 1 is 1.69 bits per heavy atom. The third-order valence-corrected chi connectivity index (χ3v) is 3.39. The molecule has 0 aliphatic carbocycles. The fourth-order valence-electron chi connectivity index (χ4n) is 1.69. The summed E-state index contributed by atoms with van der Waals surface area (Å²) in [6.45, 7) is 0.843. The van der Waals surface area contributed by atoms with Gasteiger partial charge in [0.2, 0.25) is 0 Å². The molecule has 1 saturated heterocycles. The summed E-state index contributed by atoms with van der Waals surface area (Å²) >= 11 is 7.50. The van der Waals surface area contributed by atoms with Crippen molar-refractivity contribution in [1.82, 2.24) is 4.98 Å². The second-order valence-electron chi connectivity index (χ2n) is 3.26. The average Bonchev–Trinajstić information content (AvgIpc) is 2.70. The lowest BCUT2D eigenvalue weighted by Crippen LogP contribution is -2.23. The van der Waals surface area contributed by atoms with Gasteiger partial charge in [-0.1, -0.05) is 0 Å². The number of rotatable bonds is 2. The second kappa shape index (κ2) is 4.40. The van der Waals surface area contributed by atoms with Crippen LogP contribution < -0.4 is 0 Å². The maximum absolute atomic E-state index is 5.89. The molecule has 1 aromatic rings. The molecule has 72 valence electrons. The van der Waals surface area contributed by atoms with E-state index in [2.05, 4.69) is 10.4 Å². The molecule has 0 saturated carbocycles. The number of ether oxygens (including phenoxy) is 1. The van der Waals surface area contributed by atoms with E-state index in [1.54, 1.807) is 11.3 Å². The van der Waals surface area contributed by atoms with Gasteiger partial charge in [0.15, 0.2) is 0 Å². The lowest BCUT2D eigenvalue weighted by Gasteiger charge is -2.29. The molecular weight excluding hydrogens is 206 g/mol. The van der Waals surface area contributed by atoms with E-state index in [9.17, 15) is 0 Å². The molecule has 0 radical (unpaired) electrons. The third kappa shape index (κ3) is 2.03. The largest absolute Gasteiger partial charge is 0.372 e. The highest BCUT2D eigenvalue weighted by molar-refractivity contribution is 7.07. The van der Waals surface area contributed by atoms with Gasteiger partial charge in [-0.2, -0.15) is 0 Å².